The molecule has 0 bridgehead atoms. The Morgan fingerprint density at radius 2 is 1.84 bits per heavy atom. The summed E-state index contributed by atoms with van der Waals surface area (Å²) in [6, 6.07) is 13.0. The van der Waals surface area contributed by atoms with Crippen molar-refractivity contribution < 1.29 is 23.1 Å². The van der Waals surface area contributed by atoms with E-state index in [2.05, 4.69) is 22.6 Å². The second kappa shape index (κ2) is 11.8. The highest BCUT2D eigenvalue weighted by Gasteiger charge is 2.66. The third-order valence-corrected chi connectivity index (χ3v) is 9.68. The number of anilines is 1. The highest BCUT2D eigenvalue weighted by atomic mass is 19.2. The molecule has 234 valence electrons. The van der Waals surface area contributed by atoms with Crippen LogP contribution in [0, 0.1) is 35.8 Å². The molecule has 2 aromatic carbocycles. The molecule has 3 atom stereocenters. The Hall–Kier alpha value is -3.54. The predicted octanol–water partition coefficient (Wildman–Crippen LogP) is 5.46. The highest BCUT2D eigenvalue weighted by Crippen LogP contribution is 2.61. The molecule has 2 saturated heterocycles. The smallest absolute Gasteiger partial charge is 0.320 e. The number of likely N-dealkylation sites (tertiary alicyclic amines) is 1. The summed E-state index contributed by atoms with van der Waals surface area (Å²) >= 11 is 0. The maximum Gasteiger partial charge on any atom is 0.320 e. The Balaban J connectivity index is 1.07. The van der Waals surface area contributed by atoms with Crippen molar-refractivity contribution in [3.8, 4) is 11.6 Å². The zero-order valence-corrected chi connectivity index (χ0v) is 25.3. The second-order valence-corrected chi connectivity index (χ2v) is 13.1. The highest BCUT2D eigenvalue weighted by molar-refractivity contribution is 5.90. The molecule has 1 unspecified atom stereocenters. The molecule has 2 amide bonds. The lowest BCUT2D eigenvalue weighted by atomic mass is 9.92. The Kier molecular flexibility index (Phi) is 7.80. The van der Waals surface area contributed by atoms with E-state index in [1.54, 1.807) is 10.7 Å². The topological polar surface area (TPSA) is 83.9 Å². The number of nitrogens with one attached hydrogen (secondary N) is 2. The lowest BCUT2D eigenvalue weighted by Gasteiger charge is -2.28. The normalized spacial score (nSPS) is 25.8. The summed E-state index contributed by atoms with van der Waals surface area (Å²) in [7, 11) is 2.14. The number of amides is 2. The minimum absolute atomic E-state index is 0.196. The van der Waals surface area contributed by atoms with Crippen LogP contribution in [0.25, 0.3) is 5.69 Å². The number of rotatable bonds is 9. The first-order valence-electron chi connectivity index (χ1n) is 15.7. The molecule has 4 aliphatic rings. The molecular formula is C33H40F2N6O3. The number of carbonyl (C=O) groups is 1. The molecule has 4 fully saturated rings. The van der Waals surface area contributed by atoms with Crippen LogP contribution in [-0.4, -0.2) is 71.7 Å². The van der Waals surface area contributed by atoms with Crippen molar-refractivity contribution in [1.29, 1.82) is 0 Å². The summed E-state index contributed by atoms with van der Waals surface area (Å²) in [5.74, 6) is 0.320. The standard InChI is InChI=1S/C33H40F2N6O3/c1-21-30(41(25-6-4-3-5-7-25)38-31(21)43-19-23-12-14-39(2)15-13-23)37-32(42)36-28-17-33(28)20-40(18-22-8-9-22)44-29(33)24-10-11-26(34)27(35)16-24/h3-7,10-11,16,22-23,28-29H,8-9,12-15,17-20H2,1-2H3,(H2,36,37,42)/t28-,29?,33+/m0/s1. The van der Waals surface area contributed by atoms with E-state index in [1.807, 2.05) is 42.3 Å². The molecule has 0 radical (unpaired) electrons. The van der Waals surface area contributed by atoms with Gasteiger partial charge in [-0.2, -0.15) is 5.06 Å². The number of hydroxylamine groups is 2. The zero-order chi connectivity index (χ0) is 30.4. The first kappa shape index (κ1) is 29.2. The van der Waals surface area contributed by atoms with Crippen LogP contribution in [0.4, 0.5) is 19.4 Å². The van der Waals surface area contributed by atoms with Gasteiger partial charge >= 0.3 is 6.03 Å². The van der Waals surface area contributed by atoms with Gasteiger partial charge in [-0.1, -0.05) is 24.3 Å². The van der Waals surface area contributed by atoms with Gasteiger partial charge in [0.1, 0.15) is 11.9 Å². The van der Waals surface area contributed by atoms with Crippen molar-refractivity contribution >= 4 is 11.8 Å². The summed E-state index contributed by atoms with van der Waals surface area (Å²) in [5.41, 5.74) is 1.72. The second-order valence-electron chi connectivity index (χ2n) is 13.1. The number of piperidine rings is 1. The van der Waals surface area contributed by atoms with Crippen LogP contribution in [0.3, 0.4) is 0 Å². The molecule has 2 aliphatic carbocycles. The minimum Gasteiger partial charge on any atom is -0.476 e. The lowest BCUT2D eigenvalue weighted by Crippen LogP contribution is -2.36. The number of carbonyl (C=O) groups excluding carboxylic acids is 1. The van der Waals surface area contributed by atoms with E-state index in [9.17, 15) is 13.6 Å². The van der Waals surface area contributed by atoms with E-state index in [1.165, 1.54) is 18.9 Å². The Morgan fingerprint density at radius 1 is 1.07 bits per heavy atom. The Labute approximate surface area is 256 Å². The number of urea groups is 1. The third-order valence-electron chi connectivity index (χ3n) is 9.68. The number of hydrogen-bond acceptors (Lipinski definition) is 6. The van der Waals surface area contributed by atoms with Crippen molar-refractivity contribution in [2.75, 3.05) is 45.2 Å². The molecule has 2 N–H and O–H groups in total. The van der Waals surface area contributed by atoms with Crippen LogP contribution >= 0.6 is 0 Å². The van der Waals surface area contributed by atoms with Crippen LogP contribution in [0.15, 0.2) is 48.5 Å². The summed E-state index contributed by atoms with van der Waals surface area (Å²) in [5, 5.41) is 12.9. The van der Waals surface area contributed by atoms with Crippen molar-refractivity contribution in [2.24, 2.45) is 17.3 Å². The van der Waals surface area contributed by atoms with Gasteiger partial charge in [0.25, 0.3) is 0 Å². The number of hydrogen-bond donors (Lipinski definition) is 2. The molecule has 2 aliphatic heterocycles. The SMILES string of the molecule is Cc1c(OCC2CCN(C)CC2)nn(-c2ccccc2)c1NC(=O)N[C@H]1C[C@@]12CN(CC1CC1)OC2c1ccc(F)c(F)c1. The van der Waals surface area contributed by atoms with Gasteiger partial charge in [0.2, 0.25) is 5.88 Å². The molecule has 3 heterocycles. The van der Waals surface area contributed by atoms with Gasteiger partial charge in [-0.3, -0.25) is 10.2 Å². The van der Waals surface area contributed by atoms with E-state index >= 15 is 0 Å². The monoisotopic (exact) mass is 606 g/mol. The van der Waals surface area contributed by atoms with Gasteiger partial charge in [0, 0.05) is 24.5 Å². The van der Waals surface area contributed by atoms with Crippen LogP contribution < -0.4 is 15.4 Å². The zero-order valence-electron chi connectivity index (χ0n) is 25.3. The lowest BCUT2D eigenvalue weighted by molar-refractivity contribution is -0.152. The summed E-state index contributed by atoms with van der Waals surface area (Å²) in [4.78, 5) is 22.2. The molecule has 1 spiro atoms. The fourth-order valence-electron chi connectivity index (χ4n) is 6.69. The van der Waals surface area contributed by atoms with Gasteiger partial charge in [0.05, 0.1) is 17.9 Å². The summed E-state index contributed by atoms with van der Waals surface area (Å²) in [6.45, 7) is 6.03. The van der Waals surface area contributed by atoms with Crippen LogP contribution in [-0.2, 0) is 4.84 Å². The van der Waals surface area contributed by atoms with E-state index < -0.39 is 23.2 Å². The largest absolute Gasteiger partial charge is 0.476 e. The number of para-hydroxylation sites is 1. The van der Waals surface area contributed by atoms with Crippen LogP contribution in [0.1, 0.15) is 49.3 Å². The fraction of sp³-hybridized carbons (Fsp3) is 0.515. The van der Waals surface area contributed by atoms with Gasteiger partial charge in [0.15, 0.2) is 11.6 Å². The first-order valence-corrected chi connectivity index (χ1v) is 15.7. The predicted molar refractivity (Wildman–Crippen MR) is 161 cm³/mol. The van der Waals surface area contributed by atoms with Gasteiger partial charge in [-0.25, -0.2) is 18.3 Å². The molecular weight excluding hydrogens is 566 g/mol. The minimum atomic E-state index is -0.900. The van der Waals surface area contributed by atoms with Gasteiger partial charge in [-0.05, 0) is 101 Å². The van der Waals surface area contributed by atoms with Gasteiger partial charge < -0.3 is 15.0 Å². The molecule has 11 heteroatoms. The van der Waals surface area contributed by atoms with E-state index in [4.69, 9.17) is 14.7 Å². The molecule has 44 heavy (non-hydrogen) atoms. The number of aromatic nitrogens is 2. The maximum atomic E-state index is 14.2. The van der Waals surface area contributed by atoms with E-state index in [0.29, 0.717) is 48.7 Å². The quantitative estimate of drug-likeness (QED) is 0.337. The Bertz CT molecular complexity index is 1510. The third kappa shape index (κ3) is 5.92. The number of benzene rings is 2. The summed E-state index contributed by atoms with van der Waals surface area (Å²) < 4.78 is 35.9. The molecule has 7 rings (SSSR count). The van der Waals surface area contributed by atoms with Crippen LogP contribution in [0.5, 0.6) is 5.88 Å². The molecule has 1 aromatic heterocycles. The first-order chi connectivity index (χ1) is 21.3. The summed E-state index contributed by atoms with van der Waals surface area (Å²) in [6.07, 6.45) is 4.71. The molecule has 9 nitrogen and oxygen atoms in total. The van der Waals surface area contributed by atoms with Crippen molar-refractivity contribution in [3.05, 3.63) is 71.3 Å². The van der Waals surface area contributed by atoms with E-state index in [0.717, 1.165) is 49.8 Å². The molecule has 2 saturated carbocycles. The fourth-order valence-corrected chi connectivity index (χ4v) is 6.69. The van der Waals surface area contributed by atoms with Crippen molar-refractivity contribution in [1.82, 2.24) is 25.1 Å². The average Bonchev–Trinajstić information content (AvgIpc) is 3.90. The van der Waals surface area contributed by atoms with Crippen molar-refractivity contribution in [3.63, 3.8) is 0 Å². The van der Waals surface area contributed by atoms with Crippen molar-refractivity contribution in [2.45, 2.75) is 51.2 Å². The molecule has 3 aromatic rings. The Morgan fingerprint density at radius 3 is 2.57 bits per heavy atom. The van der Waals surface area contributed by atoms with Gasteiger partial charge in [-0.15, -0.1) is 5.10 Å². The van der Waals surface area contributed by atoms with E-state index in [-0.39, 0.29) is 12.1 Å². The maximum absolute atomic E-state index is 14.2. The number of halogens is 2. The number of nitrogens with zero attached hydrogens (tertiary/aromatic N) is 4. The average molecular weight is 607 g/mol. The number of ether oxygens (including phenoxy) is 1. The van der Waals surface area contributed by atoms with Crippen LogP contribution in [0.2, 0.25) is 0 Å².